The fourth-order valence-electron chi connectivity index (χ4n) is 3.12. The van der Waals surface area contributed by atoms with Crippen molar-refractivity contribution in [3.63, 3.8) is 0 Å². The molecule has 1 amide bonds. The highest BCUT2D eigenvalue weighted by molar-refractivity contribution is 5.98. The van der Waals surface area contributed by atoms with E-state index in [1.165, 1.54) is 24.8 Å². The number of aryl methyl sites for hydroxylation is 2. The highest BCUT2D eigenvalue weighted by Crippen LogP contribution is 2.13. The molecule has 0 radical (unpaired) electrons. The van der Waals surface area contributed by atoms with Gasteiger partial charge >= 0.3 is 0 Å². The number of amides is 1. The van der Waals surface area contributed by atoms with E-state index in [0.717, 1.165) is 18.7 Å². The van der Waals surface area contributed by atoms with Crippen molar-refractivity contribution < 1.29 is 9.59 Å². The van der Waals surface area contributed by atoms with Gasteiger partial charge in [0.1, 0.15) is 0 Å². The lowest BCUT2D eigenvalue weighted by Gasteiger charge is -2.32. The third-order valence-corrected chi connectivity index (χ3v) is 5.02. The van der Waals surface area contributed by atoms with E-state index >= 15 is 0 Å². The van der Waals surface area contributed by atoms with Gasteiger partial charge in [-0.2, -0.15) is 0 Å². The van der Waals surface area contributed by atoms with Crippen LogP contribution >= 0.6 is 0 Å². The van der Waals surface area contributed by atoms with Gasteiger partial charge in [0, 0.05) is 31.0 Å². The van der Waals surface area contributed by atoms with Gasteiger partial charge in [0.25, 0.3) is 0 Å². The van der Waals surface area contributed by atoms with E-state index in [-0.39, 0.29) is 24.5 Å². The number of nitrogens with zero attached hydrogens (tertiary/aromatic N) is 1. The average molecular weight is 330 g/mol. The van der Waals surface area contributed by atoms with Crippen molar-refractivity contribution in [1.29, 1.82) is 0 Å². The summed E-state index contributed by atoms with van der Waals surface area (Å²) in [5, 5.41) is 2.97. The van der Waals surface area contributed by atoms with Crippen LogP contribution in [0.25, 0.3) is 0 Å². The number of nitrogens with one attached hydrogen (secondary N) is 1. The Morgan fingerprint density at radius 3 is 2.46 bits per heavy atom. The Kier molecular flexibility index (Phi) is 6.98. The summed E-state index contributed by atoms with van der Waals surface area (Å²) in [6.07, 6.45) is 4.35. The highest BCUT2D eigenvalue weighted by atomic mass is 16.2. The van der Waals surface area contributed by atoms with E-state index in [9.17, 15) is 9.59 Å². The second-order valence-corrected chi connectivity index (χ2v) is 6.97. The zero-order valence-electron chi connectivity index (χ0n) is 15.2. The van der Waals surface area contributed by atoms with Gasteiger partial charge in [-0.25, -0.2) is 0 Å². The minimum absolute atomic E-state index is 0.0314. The van der Waals surface area contributed by atoms with Crippen molar-refractivity contribution in [3.8, 4) is 0 Å². The van der Waals surface area contributed by atoms with Crippen LogP contribution in [0.15, 0.2) is 18.2 Å². The molecule has 1 aliphatic heterocycles. The second-order valence-electron chi connectivity index (χ2n) is 6.97. The molecule has 132 valence electrons. The third kappa shape index (κ3) is 5.45. The van der Waals surface area contributed by atoms with Gasteiger partial charge in [-0.1, -0.05) is 18.6 Å². The normalized spacial score (nSPS) is 16.6. The summed E-state index contributed by atoms with van der Waals surface area (Å²) >= 11 is 0. The van der Waals surface area contributed by atoms with Crippen LogP contribution in [0.4, 0.5) is 0 Å². The molecule has 0 bridgehead atoms. The molecule has 1 saturated heterocycles. The largest absolute Gasteiger partial charge is 0.355 e. The minimum Gasteiger partial charge on any atom is -0.355 e. The van der Waals surface area contributed by atoms with E-state index in [1.807, 2.05) is 32.0 Å². The molecule has 1 aliphatic rings. The summed E-state index contributed by atoms with van der Waals surface area (Å²) in [7, 11) is 0. The third-order valence-electron chi connectivity index (χ3n) is 5.02. The molecule has 2 rings (SSSR count). The minimum atomic E-state index is -0.0314. The molecule has 1 fully saturated rings. The Labute approximate surface area is 145 Å². The maximum absolute atomic E-state index is 12.2. The van der Waals surface area contributed by atoms with E-state index in [2.05, 4.69) is 17.1 Å². The number of carbonyl (C=O) groups is 2. The van der Waals surface area contributed by atoms with Crippen LogP contribution in [-0.4, -0.2) is 42.3 Å². The second kappa shape index (κ2) is 8.97. The van der Waals surface area contributed by atoms with E-state index in [1.54, 1.807) is 0 Å². The Bertz CT molecular complexity index is 577. The van der Waals surface area contributed by atoms with Crippen LogP contribution in [0.5, 0.6) is 0 Å². The first-order chi connectivity index (χ1) is 11.5. The predicted octanol–water partition coefficient (Wildman–Crippen LogP) is 3.26. The number of likely N-dealkylation sites (tertiary alicyclic amines) is 1. The van der Waals surface area contributed by atoms with Crippen molar-refractivity contribution in [1.82, 2.24) is 10.2 Å². The first-order valence-electron chi connectivity index (χ1n) is 9.08. The molecule has 1 aromatic carbocycles. The van der Waals surface area contributed by atoms with Crippen LogP contribution in [0.1, 0.15) is 60.5 Å². The maximum Gasteiger partial charge on any atom is 0.220 e. The molecule has 1 heterocycles. The zero-order valence-corrected chi connectivity index (χ0v) is 15.2. The van der Waals surface area contributed by atoms with Crippen molar-refractivity contribution in [3.05, 3.63) is 34.9 Å². The molecule has 4 heteroatoms. The van der Waals surface area contributed by atoms with Gasteiger partial charge in [0.2, 0.25) is 5.91 Å². The topological polar surface area (TPSA) is 49.4 Å². The average Bonchev–Trinajstić information content (AvgIpc) is 2.60. The monoisotopic (exact) mass is 330 g/mol. The zero-order chi connectivity index (χ0) is 17.5. The number of hydrogen-bond donors (Lipinski definition) is 1. The van der Waals surface area contributed by atoms with Gasteiger partial charge in [-0.15, -0.1) is 0 Å². The molecule has 4 nitrogen and oxygen atoms in total. The quantitative estimate of drug-likeness (QED) is 0.781. The maximum atomic E-state index is 12.2. The summed E-state index contributed by atoms with van der Waals surface area (Å²) < 4.78 is 0. The smallest absolute Gasteiger partial charge is 0.220 e. The molecule has 0 spiro atoms. The number of ketones is 1. The Balaban J connectivity index is 1.72. The van der Waals surface area contributed by atoms with E-state index in [0.29, 0.717) is 18.2 Å². The SMILES string of the molecule is Cc1ccc(C(=O)CCC(=O)NCC(C)N2CCCCC2)cc1C. The molecular formula is C20H30N2O2. The summed E-state index contributed by atoms with van der Waals surface area (Å²) in [5.41, 5.74) is 2.99. The lowest BCUT2D eigenvalue weighted by Crippen LogP contribution is -2.44. The summed E-state index contributed by atoms with van der Waals surface area (Å²) in [5.74, 6) is 0.00775. The van der Waals surface area contributed by atoms with E-state index < -0.39 is 0 Å². The van der Waals surface area contributed by atoms with Crippen LogP contribution in [0.3, 0.4) is 0 Å². The number of carbonyl (C=O) groups excluding carboxylic acids is 2. The van der Waals surface area contributed by atoms with Crippen molar-refractivity contribution in [2.24, 2.45) is 0 Å². The Morgan fingerprint density at radius 2 is 1.79 bits per heavy atom. The van der Waals surface area contributed by atoms with Crippen LogP contribution in [-0.2, 0) is 4.79 Å². The molecule has 1 N–H and O–H groups in total. The highest BCUT2D eigenvalue weighted by Gasteiger charge is 2.17. The fourth-order valence-corrected chi connectivity index (χ4v) is 3.12. The first-order valence-corrected chi connectivity index (χ1v) is 9.08. The first kappa shape index (κ1) is 18.7. The molecule has 0 aliphatic carbocycles. The van der Waals surface area contributed by atoms with Crippen LogP contribution in [0, 0.1) is 13.8 Å². The summed E-state index contributed by atoms with van der Waals surface area (Å²) in [6, 6.07) is 6.09. The molecule has 0 aromatic heterocycles. The number of piperidine rings is 1. The Hall–Kier alpha value is -1.68. The molecule has 1 unspecified atom stereocenters. The van der Waals surface area contributed by atoms with Gasteiger partial charge in [0.05, 0.1) is 0 Å². The molecule has 1 atom stereocenters. The summed E-state index contributed by atoms with van der Waals surface area (Å²) in [4.78, 5) is 26.6. The molecule has 1 aromatic rings. The number of benzene rings is 1. The number of Topliss-reactive ketones (excluding diaryl/α,β-unsaturated/α-hetero) is 1. The van der Waals surface area contributed by atoms with Gasteiger partial charge in [-0.3, -0.25) is 14.5 Å². The molecule has 24 heavy (non-hydrogen) atoms. The number of rotatable bonds is 7. The van der Waals surface area contributed by atoms with Gasteiger partial charge < -0.3 is 5.32 Å². The Morgan fingerprint density at radius 1 is 1.08 bits per heavy atom. The van der Waals surface area contributed by atoms with Crippen molar-refractivity contribution in [2.75, 3.05) is 19.6 Å². The lowest BCUT2D eigenvalue weighted by molar-refractivity contribution is -0.121. The summed E-state index contributed by atoms with van der Waals surface area (Å²) in [6.45, 7) is 9.11. The predicted molar refractivity (Wildman–Crippen MR) is 97.4 cm³/mol. The lowest BCUT2D eigenvalue weighted by atomic mass is 10.0. The van der Waals surface area contributed by atoms with Crippen LogP contribution in [0.2, 0.25) is 0 Å². The van der Waals surface area contributed by atoms with Gasteiger partial charge in [0.15, 0.2) is 5.78 Å². The standard InChI is InChI=1S/C20H30N2O2/c1-15-7-8-18(13-16(15)2)19(23)9-10-20(24)21-14-17(3)22-11-5-4-6-12-22/h7-8,13,17H,4-6,9-12,14H2,1-3H3,(H,21,24). The van der Waals surface area contributed by atoms with E-state index in [4.69, 9.17) is 0 Å². The molecular weight excluding hydrogens is 300 g/mol. The molecule has 0 saturated carbocycles. The van der Waals surface area contributed by atoms with Gasteiger partial charge in [-0.05, 0) is 63.9 Å². The number of hydrogen-bond acceptors (Lipinski definition) is 3. The van der Waals surface area contributed by atoms with Crippen molar-refractivity contribution >= 4 is 11.7 Å². The van der Waals surface area contributed by atoms with Crippen LogP contribution < -0.4 is 5.32 Å². The van der Waals surface area contributed by atoms with Crippen molar-refractivity contribution in [2.45, 2.75) is 58.9 Å². The fraction of sp³-hybridized carbons (Fsp3) is 0.600.